The zero-order valence-electron chi connectivity index (χ0n) is 13.8. The molecule has 1 fully saturated rings. The van der Waals surface area contributed by atoms with Crippen LogP contribution in [-0.2, 0) is 4.79 Å². The van der Waals surface area contributed by atoms with Gasteiger partial charge >= 0.3 is 0 Å². The van der Waals surface area contributed by atoms with Crippen molar-refractivity contribution in [1.82, 2.24) is 10.2 Å². The number of nitrogens with one attached hydrogen (secondary N) is 1. The van der Waals surface area contributed by atoms with E-state index in [1.807, 2.05) is 11.8 Å². The number of carbonyl (C=O) groups is 1. The molecule has 1 aliphatic heterocycles. The lowest BCUT2D eigenvalue weighted by Crippen LogP contribution is -2.43. The molecule has 0 spiro atoms. The Balaban J connectivity index is 2.28. The van der Waals surface area contributed by atoms with E-state index in [-0.39, 0.29) is 12.1 Å². The van der Waals surface area contributed by atoms with Gasteiger partial charge in [0.1, 0.15) is 6.17 Å². The zero-order valence-corrected chi connectivity index (χ0v) is 13.8. The highest BCUT2D eigenvalue weighted by atomic mass is 16.2. The highest BCUT2D eigenvalue weighted by Crippen LogP contribution is 2.34. The molecule has 2 unspecified atom stereocenters. The molecule has 1 aliphatic rings. The summed E-state index contributed by atoms with van der Waals surface area (Å²) >= 11 is 0. The summed E-state index contributed by atoms with van der Waals surface area (Å²) in [6.07, 6.45) is 4.26. The summed E-state index contributed by atoms with van der Waals surface area (Å²) in [5, 5.41) is 3.58. The quantitative estimate of drug-likeness (QED) is 0.808. The number of hydrogen-bond acceptors (Lipinski definition) is 2. The molecule has 1 N–H and O–H groups in total. The van der Waals surface area contributed by atoms with Crippen molar-refractivity contribution in [3.8, 4) is 0 Å². The normalized spacial score (nSPS) is 25.6. The van der Waals surface area contributed by atoms with Crippen LogP contribution in [0.5, 0.6) is 0 Å². The van der Waals surface area contributed by atoms with Gasteiger partial charge in [0.25, 0.3) is 0 Å². The van der Waals surface area contributed by atoms with Gasteiger partial charge in [-0.3, -0.25) is 10.1 Å². The van der Waals surface area contributed by atoms with E-state index in [1.165, 1.54) is 24.0 Å². The van der Waals surface area contributed by atoms with E-state index in [4.69, 9.17) is 0 Å². The van der Waals surface area contributed by atoms with E-state index >= 15 is 0 Å². The maximum atomic E-state index is 12.8. The molecule has 21 heavy (non-hydrogen) atoms. The molecule has 0 saturated carbocycles. The highest BCUT2D eigenvalue weighted by Gasteiger charge is 2.47. The Morgan fingerprint density at radius 3 is 2.57 bits per heavy atom. The Labute approximate surface area is 128 Å². The van der Waals surface area contributed by atoms with E-state index in [0.29, 0.717) is 0 Å². The van der Waals surface area contributed by atoms with Crippen LogP contribution in [0.2, 0.25) is 0 Å². The lowest BCUT2D eigenvalue weighted by molar-refractivity contribution is -0.133. The fourth-order valence-corrected chi connectivity index (χ4v) is 3.03. The standard InChI is InChI=1S/C18H28N2O/c1-5-7-10-13-20-16(15-12-9-8-11-14(15)3)19-18(4,6-2)17(20)21/h8-9,11-12,16,19H,5-7,10,13H2,1-4H3. The summed E-state index contributed by atoms with van der Waals surface area (Å²) in [6.45, 7) is 9.26. The minimum Gasteiger partial charge on any atom is -0.321 e. The molecule has 2 rings (SSSR count). The summed E-state index contributed by atoms with van der Waals surface area (Å²) < 4.78 is 0. The Morgan fingerprint density at radius 2 is 1.95 bits per heavy atom. The number of unbranched alkanes of at least 4 members (excludes halogenated alkanes) is 2. The first-order chi connectivity index (χ1) is 10.0. The molecule has 1 amide bonds. The van der Waals surface area contributed by atoms with Gasteiger partial charge in [-0.2, -0.15) is 0 Å². The molecule has 1 aromatic carbocycles. The number of carbonyl (C=O) groups excluding carboxylic acids is 1. The lowest BCUT2D eigenvalue weighted by atomic mass is 9.99. The van der Waals surface area contributed by atoms with Gasteiger partial charge in [0.2, 0.25) is 5.91 Å². The largest absolute Gasteiger partial charge is 0.321 e. The second-order valence-corrected chi connectivity index (χ2v) is 6.29. The fraction of sp³-hybridized carbons (Fsp3) is 0.611. The molecule has 0 aliphatic carbocycles. The van der Waals surface area contributed by atoms with E-state index in [2.05, 4.69) is 50.4 Å². The first-order valence-electron chi connectivity index (χ1n) is 8.17. The van der Waals surface area contributed by atoms with Gasteiger partial charge in [-0.15, -0.1) is 0 Å². The summed E-state index contributed by atoms with van der Waals surface area (Å²) in [5.74, 6) is 0.245. The van der Waals surface area contributed by atoms with Crippen molar-refractivity contribution in [1.29, 1.82) is 0 Å². The third kappa shape index (κ3) is 3.13. The average molecular weight is 288 g/mol. The number of hydrogen-bond donors (Lipinski definition) is 1. The van der Waals surface area contributed by atoms with Crippen LogP contribution < -0.4 is 5.32 Å². The molecule has 3 nitrogen and oxygen atoms in total. The molecule has 3 heteroatoms. The number of aryl methyl sites for hydroxylation is 1. The van der Waals surface area contributed by atoms with Gasteiger partial charge in [0.15, 0.2) is 0 Å². The van der Waals surface area contributed by atoms with Crippen molar-refractivity contribution in [2.75, 3.05) is 6.54 Å². The molecule has 0 aromatic heterocycles. The molecular formula is C18H28N2O. The molecule has 0 bridgehead atoms. The SMILES string of the molecule is CCCCCN1C(=O)C(C)(CC)NC1c1ccccc1C. The van der Waals surface area contributed by atoms with Crippen molar-refractivity contribution in [3.05, 3.63) is 35.4 Å². The Hall–Kier alpha value is -1.35. The molecule has 116 valence electrons. The zero-order chi connectivity index (χ0) is 15.5. The average Bonchev–Trinajstić information content (AvgIpc) is 2.73. The van der Waals surface area contributed by atoms with E-state index < -0.39 is 5.54 Å². The molecule has 2 atom stereocenters. The Bertz CT molecular complexity index is 500. The van der Waals surface area contributed by atoms with E-state index in [9.17, 15) is 4.79 Å². The summed E-state index contributed by atoms with van der Waals surface area (Å²) in [5.41, 5.74) is 2.03. The van der Waals surface area contributed by atoms with Crippen LogP contribution in [-0.4, -0.2) is 22.9 Å². The maximum Gasteiger partial charge on any atom is 0.244 e. The Morgan fingerprint density at radius 1 is 1.24 bits per heavy atom. The van der Waals surface area contributed by atoms with Crippen LogP contribution in [0, 0.1) is 6.92 Å². The monoisotopic (exact) mass is 288 g/mol. The minimum atomic E-state index is -0.431. The van der Waals surface area contributed by atoms with Crippen LogP contribution >= 0.6 is 0 Å². The van der Waals surface area contributed by atoms with Crippen molar-refractivity contribution in [2.45, 2.75) is 65.1 Å². The predicted molar refractivity (Wildman–Crippen MR) is 87.0 cm³/mol. The van der Waals surface area contributed by atoms with Gasteiger partial charge in [-0.1, -0.05) is 51.0 Å². The van der Waals surface area contributed by atoms with E-state index in [0.717, 1.165) is 19.4 Å². The molecule has 0 radical (unpaired) electrons. The van der Waals surface area contributed by atoms with Gasteiger partial charge in [-0.05, 0) is 37.8 Å². The summed E-state index contributed by atoms with van der Waals surface area (Å²) in [6, 6.07) is 8.36. The maximum absolute atomic E-state index is 12.8. The predicted octanol–water partition coefficient (Wildman–Crippen LogP) is 3.78. The molecule has 1 saturated heterocycles. The van der Waals surface area contributed by atoms with Gasteiger partial charge in [-0.25, -0.2) is 0 Å². The summed E-state index contributed by atoms with van der Waals surface area (Å²) in [4.78, 5) is 14.9. The van der Waals surface area contributed by atoms with E-state index in [1.54, 1.807) is 0 Å². The first kappa shape index (κ1) is 16.0. The third-order valence-electron chi connectivity index (χ3n) is 4.69. The fourth-order valence-electron chi connectivity index (χ4n) is 3.03. The second kappa shape index (κ2) is 6.61. The topological polar surface area (TPSA) is 32.3 Å². The minimum absolute atomic E-state index is 0.0144. The van der Waals surface area contributed by atoms with Gasteiger partial charge in [0, 0.05) is 6.54 Å². The van der Waals surface area contributed by atoms with Crippen LogP contribution in [0.15, 0.2) is 24.3 Å². The summed E-state index contributed by atoms with van der Waals surface area (Å²) in [7, 11) is 0. The number of rotatable bonds is 6. The first-order valence-corrected chi connectivity index (χ1v) is 8.17. The van der Waals surface area contributed by atoms with Gasteiger partial charge in [0.05, 0.1) is 5.54 Å². The smallest absolute Gasteiger partial charge is 0.244 e. The van der Waals surface area contributed by atoms with Crippen molar-refractivity contribution < 1.29 is 4.79 Å². The second-order valence-electron chi connectivity index (χ2n) is 6.29. The van der Waals surface area contributed by atoms with Crippen molar-refractivity contribution in [3.63, 3.8) is 0 Å². The van der Waals surface area contributed by atoms with Crippen LogP contribution in [0.1, 0.15) is 63.7 Å². The van der Waals surface area contributed by atoms with Crippen LogP contribution in [0.3, 0.4) is 0 Å². The van der Waals surface area contributed by atoms with Crippen LogP contribution in [0.4, 0.5) is 0 Å². The number of nitrogens with zero attached hydrogens (tertiary/aromatic N) is 1. The third-order valence-corrected chi connectivity index (χ3v) is 4.69. The van der Waals surface area contributed by atoms with Gasteiger partial charge < -0.3 is 4.90 Å². The lowest BCUT2D eigenvalue weighted by Gasteiger charge is -2.25. The van der Waals surface area contributed by atoms with Crippen molar-refractivity contribution >= 4 is 5.91 Å². The Kier molecular flexibility index (Phi) is 5.04. The number of amides is 1. The van der Waals surface area contributed by atoms with Crippen LogP contribution in [0.25, 0.3) is 0 Å². The molecule has 1 aromatic rings. The van der Waals surface area contributed by atoms with Crippen molar-refractivity contribution in [2.24, 2.45) is 0 Å². The highest BCUT2D eigenvalue weighted by molar-refractivity contribution is 5.88. The number of benzene rings is 1. The molecular weight excluding hydrogens is 260 g/mol. The molecule has 1 heterocycles.